The summed E-state index contributed by atoms with van der Waals surface area (Å²) >= 11 is 0. The van der Waals surface area contributed by atoms with Crippen LogP contribution in [0.5, 0.6) is 0 Å². The van der Waals surface area contributed by atoms with Crippen LogP contribution in [0.1, 0.15) is 21.6 Å². The van der Waals surface area contributed by atoms with Crippen LogP contribution in [-0.4, -0.2) is 11.3 Å². The molecule has 0 aliphatic rings. The maximum atomic E-state index is 10.3. The van der Waals surface area contributed by atoms with E-state index in [1.165, 1.54) is 0 Å². The minimum atomic E-state index is 0.563. The Balaban J connectivity index is 3.24. The van der Waals surface area contributed by atoms with Gasteiger partial charge in [0.2, 0.25) is 0 Å². The molecule has 0 amide bonds. The van der Waals surface area contributed by atoms with Crippen LogP contribution >= 0.6 is 0 Å². The van der Waals surface area contributed by atoms with Crippen LogP contribution in [0.25, 0.3) is 0 Å². The van der Waals surface area contributed by atoms with Crippen molar-refractivity contribution in [2.75, 3.05) is 0 Å². The van der Waals surface area contributed by atoms with Crippen LogP contribution in [0.15, 0.2) is 6.20 Å². The summed E-state index contributed by atoms with van der Waals surface area (Å²) in [6.07, 6.45) is 7.54. The Morgan fingerprint density at radius 2 is 2.50 bits per heavy atom. The number of rotatable bonds is 1. The minimum Gasteiger partial charge on any atom is -0.358 e. The van der Waals surface area contributed by atoms with Gasteiger partial charge < -0.3 is 4.98 Å². The van der Waals surface area contributed by atoms with Gasteiger partial charge in [-0.15, -0.1) is 6.42 Å². The molecule has 0 fully saturated rings. The largest absolute Gasteiger partial charge is 0.358 e. The van der Waals surface area contributed by atoms with Crippen LogP contribution in [0.2, 0.25) is 0 Å². The summed E-state index contributed by atoms with van der Waals surface area (Å²) in [5, 5.41) is 0. The first-order valence-electron chi connectivity index (χ1n) is 2.89. The van der Waals surface area contributed by atoms with Gasteiger partial charge in [0.15, 0.2) is 6.29 Å². The first-order chi connectivity index (χ1) is 4.79. The van der Waals surface area contributed by atoms with Crippen molar-refractivity contribution in [2.45, 2.75) is 6.92 Å². The van der Waals surface area contributed by atoms with E-state index in [9.17, 15) is 4.79 Å². The summed E-state index contributed by atoms with van der Waals surface area (Å²) < 4.78 is 0. The van der Waals surface area contributed by atoms with Crippen molar-refractivity contribution in [3.05, 3.63) is 23.0 Å². The molecule has 0 spiro atoms. The third kappa shape index (κ3) is 0.822. The summed E-state index contributed by atoms with van der Waals surface area (Å²) in [5.74, 6) is 2.46. The number of nitrogens with one attached hydrogen (secondary N) is 1. The normalized spacial score (nSPS) is 8.80. The summed E-state index contributed by atoms with van der Waals surface area (Å²) in [6.45, 7) is 1.81. The highest BCUT2D eigenvalue weighted by Crippen LogP contribution is 2.08. The van der Waals surface area contributed by atoms with E-state index in [-0.39, 0.29) is 0 Å². The standard InChI is InChI=1S/C8H7NO/c1-3-7-4-9-8(5-10)6(7)2/h1,4-5,9H,2H3. The highest BCUT2D eigenvalue weighted by atomic mass is 16.1. The van der Waals surface area contributed by atoms with E-state index in [0.717, 1.165) is 17.4 Å². The van der Waals surface area contributed by atoms with Crippen molar-refractivity contribution in [3.63, 3.8) is 0 Å². The molecule has 2 heteroatoms. The van der Waals surface area contributed by atoms with Gasteiger partial charge in [-0.2, -0.15) is 0 Å². The molecule has 2 nitrogen and oxygen atoms in total. The molecule has 50 valence electrons. The fraction of sp³-hybridized carbons (Fsp3) is 0.125. The molecule has 1 heterocycles. The summed E-state index contributed by atoms with van der Waals surface area (Å²) in [4.78, 5) is 13.0. The van der Waals surface area contributed by atoms with E-state index in [1.54, 1.807) is 6.20 Å². The molecule has 0 aromatic carbocycles. The number of H-pyrrole nitrogens is 1. The quantitative estimate of drug-likeness (QED) is 0.452. The van der Waals surface area contributed by atoms with Crippen LogP contribution in [0.4, 0.5) is 0 Å². The number of terminal acetylenes is 1. The van der Waals surface area contributed by atoms with Gasteiger partial charge in [-0.05, 0) is 12.5 Å². The van der Waals surface area contributed by atoms with E-state index >= 15 is 0 Å². The lowest BCUT2D eigenvalue weighted by Gasteiger charge is -1.85. The van der Waals surface area contributed by atoms with Gasteiger partial charge in [-0.1, -0.05) is 5.92 Å². The molecule has 0 saturated carbocycles. The number of hydrogen-bond donors (Lipinski definition) is 1. The molecule has 0 aliphatic carbocycles. The van der Waals surface area contributed by atoms with Gasteiger partial charge in [-0.3, -0.25) is 4.79 Å². The summed E-state index contributed by atoms with van der Waals surface area (Å²) in [7, 11) is 0. The molecule has 0 bridgehead atoms. The van der Waals surface area contributed by atoms with E-state index < -0.39 is 0 Å². The number of aromatic amines is 1. The van der Waals surface area contributed by atoms with Crippen molar-refractivity contribution in [2.24, 2.45) is 0 Å². The summed E-state index contributed by atoms with van der Waals surface area (Å²) in [5.41, 5.74) is 2.16. The van der Waals surface area contributed by atoms with Crippen molar-refractivity contribution in [1.82, 2.24) is 4.98 Å². The molecule has 1 rings (SSSR count). The fourth-order valence-corrected chi connectivity index (χ4v) is 0.784. The zero-order valence-electron chi connectivity index (χ0n) is 5.64. The second-order valence-corrected chi connectivity index (χ2v) is 2.00. The van der Waals surface area contributed by atoms with E-state index in [4.69, 9.17) is 6.42 Å². The Kier molecular flexibility index (Phi) is 1.59. The number of carbonyl (C=O) groups excluding carboxylic acids is 1. The van der Waals surface area contributed by atoms with E-state index in [0.29, 0.717) is 5.69 Å². The Bertz CT molecular complexity index is 291. The average molecular weight is 133 g/mol. The SMILES string of the molecule is C#Cc1c[nH]c(C=O)c1C. The second-order valence-electron chi connectivity index (χ2n) is 2.00. The lowest BCUT2D eigenvalue weighted by atomic mass is 10.2. The molecule has 1 aromatic heterocycles. The van der Waals surface area contributed by atoms with Gasteiger partial charge in [-0.25, -0.2) is 0 Å². The predicted molar refractivity (Wildman–Crippen MR) is 38.9 cm³/mol. The van der Waals surface area contributed by atoms with Gasteiger partial charge in [0.25, 0.3) is 0 Å². The predicted octanol–water partition coefficient (Wildman–Crippen LogP) is 1.12. The van der Waals surface area contributed by atoms with Crippen LogP contribution in [-0.2, 0) is 0 Å². The van der Waals surface area contributed by atoms with Crippen molar-refractivity contribution < 1.29 is 4.79 Å². The first-order valence-corrected chi connectivity index (χ1v) is 2.89. The van der Waals surface area contributed by atoms with E-state index in [2.05, 4.69) is 10.9 Å². The molecule has 0 saturated heterocycles. The topological polar surface area (TPSA) is 32.9 Å². The fourth-order valence-electron chi connectivity index (χ4n) is 0.784. The van der Waals surface area contributed by atoms with Gasteiger partial charge in [0.05, 0.1) is 5.69 Å². The zero-order chi connectivity index (χ0) is 7.56. The maximum Gasteiger partial charge on any atom is 0.166 e. The van der Waals surface area contributed by atoms with Crippen molar-refractivity contribution >= 4 is 6.29 Å². The Morgan fingerprint density at radius 3 is 2.80 bits per heavy atom. The average Bonchev–Trinajstić information content (AvgIpc) is 2.30. The lowest BCUT2D eigenvalue weighted by molar-refractivity contribution is 0.111. The summed E-state index contributed by atoms with van der Waals surface area (Å²) in [6, 6.07) is 0. The van der Waals surface area contributed by atoms with Crippen molar-refractivity contribution in [3.8, 4) is 12.3 Å². The van der Waals surface area contributed by atoms with E-state index in [1.807, 2.05) is 6.92 Å². The number of aromatic nitrogens is 1. The molecule has 1 N–H and O–H groups in total. The van der Waals surface area contributed by atoms with Crippen LogP contribution in [0, 0.1) is 19.3 Å². The number of aldehydes is 1. The molecular formula is C8H7NO. The molecule has 0 radical (unpaired) electrons. The monoisotopic (exact) mass is 133 g/mol. The minimum absolute atomic E-state index is 0.563. The number of hydrogen-bond acceptors (Lipinski definition) is 1. The van der Waals surface area contributed by atoms with Gasteiger partial charge in [0, 0.05) is 11.8 Å². The van der Waals surface area contributed by atoms with Gasteiger partial charge in [0.1, 0.15) is 0 Å². The first kappa shape index (κ1) is 6.63. The van der Waals surface area contributed by atoms with Crippen molar-refractivity contribution in [1.29, 1.82) is 0 Å². The lowest BCUT2D eigenvalue weighted by Crippen LogP contribution is -1.81. The molecule has 0 atom stereocenters. The highest BCUT2D eigenvalue weighted by molar-refractivity contribution is 5.76. The second kappa shape index (κ2) is 2.40. The highest BCUT2D eigenvalue weighted by Gasteiger charge is 2.01. The molecular weight excluding hydrogens is 126 g/mol. The Morgan fingerprint density at radius 1 is 1.80 bits per heavy atom. The maximum absolute atomic E-state index is 10.3. The third-order valence-corrected chi connectivity index (χ3v) is 1.45. The molecule has 1 aromatic rings. The zero-order valence-corrected chi connectivity index (χ0v) is 5.64. The number of carbonyl (C=O) groups is 1. The Hall–Kier alpha value is -1.49. The molecule has 0 unspecified atom stereocenters. The Labute approximate surface area is 59.3 Å². The molecule has 10 heavy (non-hydrogen) atoms. The molecule has 0 aliphatic heterocycles. The van der Waals surface area contributed by atoms with Crippen LogP contribution < -0.4 is 0 Å². The van der Waals surface area contributed by atoms with Crippen LogP contribution in [0.3, 0.4) is 0 Å². The third-order valence-electron chi connectivity index (χ3n) is 1.45. The van der Waals surface area contributed by atoms with Gasteiger partial charge >= 0.3 is 0 Å². The smallest absolute Gasteiger partial charge is 0.166 e.